The third-order valence-electron chi connectivity index (χ3n) is 1.41. The van der Waals surface area contributed by atoms with E-state index in [0.29, 0.717) is 11.4 Å². The fourth-order valence-corrected chi connectivity index (χ4v) is 0.796. The normalized spacial score (nSPS) is 11.6. The number of oxime groups is 1. The summed E-state index contributed by atoms with van der Waals surface area (Å²) < 4.78 is 0. The summed E-state index contributed by atoms with van der Waals surface area (Å²) in [5, 5.41) is 11.5. The van der Waals surface area contributed by atoms with Crippen LogP contribution in [0.3, 0.4) is 0 Å². The Labute approximate surface area is 65.4 Å². The molecule has 0 saturated carbocycles. The highest BCUT2D eigenvalue weighted by atomic mass is 16.4. The van der Waals surface area contributed by atoms with E-state index in [0.717, 1.165) is 5.69 Å². The predicted octanol–water partition coefficient (Wildman–Crippen LogP) is 1.59. The Morgan fingerprint density at radius 1 is 1.55 bits per heavy atom. The van der Waals surface area contributed by atoms with Crippen molar-refractivity contribution >= 4 is 5.71 Å². The van der Waals surface area contributed by atoms with Crippen LogP contribution >= 0.6 is 0 Å². The van der Waals surface area contributed by atoms with E-state index in [1.54, 1.807) is 6.92 Å². The average Bonchev–Trinajstić information content (AvgIpc) is 2.03. The summed E-state index contributed by atoms with van der Waals surface area (Å²) in [6.07, 6.45) is 0. The first-order valence-corrected chi connectivity index (χ1v) is 3.36. The van der Waals surface area contributed by atoms with Crippen molar-refractivity contribution in [2.75, 3.05) is 0 Å². The van der Waals surface area contributed by atoms with Crippen molar-refractivity contribution in [3.8, 4) is 0 Å². The van der Waals surface area contributed by atoms with Crippen molar-refractivity contribution in [2.45, 2.75) is 13.8 Å². The zero-order valence-electron chi connectivity index (χ0n) is 6.57. The summed E-state index contributed by atoms with van der Waals surface area (Å²) in [4.78, 5) is 4.15. The maximum absolute atomic E-state index is 8.43. The highest BCUT2D eigenvalue weighted by Crippen LogP contribution is 1.98. The Balaban J connectivity index is 3.06. The van der Waals surface area contributed by atoms with Crippen molar-refractivity contribution in [1.29, 1.82) is 0 Å². The van der Waals surface area contributed by atoms with E-state index < -0.39 is 0 Å². The summed E-state index contributed by atoms with van der Waals surface area (Å²) in [5.74, 6) is 0. The summed E-state index contributed by atoms with van der Waals surface area (Å²) in [6, 6.07) is 5.59. The van der Waals surface area contributed by atoms with Crippen molar-refractivity contribution in [1.82, 2.24) is 4.98 Å². The average molecular weight is 150 g/mol. The molecule has 3 heteroatoms. The first kappa shape index (κ1) is 7.72. The van der Waals surface area contributed by atoms with Gasteiger partial charge < -0.3 is 5.21 Å². The Bertz CT molecular complexity index is 281. The van der Waals surface area contributed by atoms with Gasteiger partial charge in [0.25, 0.3) is 0 Å². The largest absolute Gasteiger partial charge is 0.411 e. The number of aromatic nitrogens is 1. The Morgan fingerprint density at radius 3 is 2.82 bits per heavy atom. The van der Waals surface area contributed by atoms with E-state index in [9.17, 15) is 0 Å². The van der Waals surface area contributed by atoms with Gasteiger partial charge in [0.05, 0.1) is 5.69 Å². The molecule has 58 valence electrons. The maximum atomic E-state index is 8.43. The van der Waals surface area contributed by atoms with Crippen LogP contribution in [0.4, 0.5) is 0 Å². The van der Waals surface area contributed by atoms with E-state index in [2.05, 4.69) is 10.1 Å². The first-order chi connectivity index (χ1) is 5.24. The second-order valence-electron chi connectivity index (χ2n) is 2.35. The predicted molar refractivity (Wildman–Crippen MR) is 43.0 cm³/mol. The van der Waals surface area contributed by atoms with E-state index in [1.165, 1.54) is 0 Å². The van der Waals surface area contributed by atoms with Crippen molar-refractivity contribution in [2.24, 2.45) is 5.16 Å². The fraction of sp³-hybridized carbons (Fsp3) is 0.250. The van der Waals surface area contributed by atoms with Gasteiger partial charge in [-0.15, -0.1) is 0 Å². The number of pyridine rings is 1. The van der Waals surface area contributed by atoms with Crippen LogP contribution in [0.2, 0.25) is 0 Å². The monoisotopic (exact) mass is 150 g/mol. The van der Waals surface area contributed by atoms with Gasteiger partial charge >= 0.3 is 0 Å². The van der Waals surface area contributed by atoms with Crippen LogP contribution in [0.5, 0.6) is 0 Å². The zero-order valence-corrected chi connectivity index (χ0v) is 6.57. The van der Waals surface area contributed by atoms with Gasteiger partial charge in [-0.25, -0.2) is 0 Å². The van der Waals surface area contributed by atoms with Crippen LogP contribution in [0.25, 0.3) is 0 Å². The molecule has 0 amide bonds. The van der Waals surface area contributed by atoms with E-state index in [4.69, 9.17) is 5.21 Å². The molecule has 0 atom stereocenters. The van der Waals surface area contributed by atoms with Crippen LogP contribution < -0.4 is 0 Å². The second-order valence-corrected chi connectivity index (χ2v) is 2.35. The van der Waals surface area contributed by atoms with Crippen LogP contribution in [0.1, 0.15) is 18.3 Å². The topological polar surface area (TPSA) is 45.5 Å². The zero-order chi connectivity index (χ0) is 8.27. The van der Waals surface area contributed by atoms with Gasteiger partial charge in [-0.2, -0.15) is 0 Å². The minimum Gasteiger partial charge on any atom is -0.411 e. The molecular weight excluding hydrogens is 140 g/mol. The molecule has 0 radical (unpaired) electrons. The lowest BCUT2D eigenvalue weighted by atomic mass is 10.2. The Hall–Kier alpha value is -1.38. The molecule has 1 N–H and O–H groups in total. The van der Waals surface area contributed by atoms with Crippen molar-refractivity contribution in [3.63, 3.8) is 0 Å². The molecule has 3 nitrogen and oxygen atoms in total. The van der Waals surface area contributed by atoms with E-state index in [1.807, 2.05) is 25.1 Å². The van der Waals surface area contributed by atoms with Crippen molar-refractivity contribution < 1.29 is 5.21 Å². The van der Waals surface area contributed by atoms with Gasteiger partial charge in [0, 0.05) is 5.69 Å². The lowest BCUT2D eigenvalue weighted by Crippen LogP contribution is -1.98. The molecule has 0 aromatic carbocycles. The van der Waals surface area contributed by atoms with Crippen LogP contribution in [-0.2, 0) is 0 Å². The molecule has 0 saturated heterocycles. The highest BCUT2D eigenvalue weighted by Gasteiger charge is 1.97. The molecule has 1 aromatic rings. The molecule has 0 aliphatic carbocycles. The molecule has 0 unspecified atom stereocenters. The minimum absolute atomic E-state index is 0.536. The third-order valence-corrected chi connectivity index (χ3v) is 1.41. The summed E-state index contributed by atoms with van der Waals surface area (Å²) in [7, 11) is 0. The number of rotatable bonds is 1. The van der Waals surface area contributed by atoms with Gasteiger partial charge in [0.15, 0.2) is 0 Å². The van der Waals surface area contributed by atoms with Crippen LogP contribution in [0, 0.1) is 6.92 Å². The number of hydrogen-bond acceptors (Lipinski definition) is 3. The summed E-state index contributed by atoms with van der Waals surface area (Å²) in [5.41, 5.74) is 2.17. The van der Waals surface area contributed by atoms with E-state index >= 15 is 0 Å². The van der Waals surface area contributed by atoms with E-state index in [-0.39, 0.29) is 0 Å². The molecule has 0 aliphatic rings. The number of nitrogens with zero attached hydrogens (tertiary/aromatic N) is 2. The summed E-state index contributed by atoms with van der Waals surface area (Å²) in [6.45, 7) is 3.61. The smallest absolute Gasteiger partial charge is 0.102 e. The molecule has 11 heavy (non-hydrogen) atoms. The Kier molecular flexibility index (Phi) is 2.21. The summed E-state index contributed by atoms with van der Waals surface area (Å²) >= 11 is 0. The SMILES string of the molecule is C/C(=N/O)c1cccc(C)n1. The molecule has 0 aliphatic heterocycles. The second kappa shape index (κ2) is 3.14. The molecular formula is C8H10N2O. The molecule has 0 bridgehead atoms. The minimum atomic E-state index is 0.536. The fourth-order valence-electron chi connectivity index (χ4n) is 0.796. The number of aryl methyl sites for hydroxylation is 1. The Morgan fingerprint density at radius 2 is 2.27 bits per heavy atom. The van der Waals surface area contributed by atoms with Gasteiger partial charge in [0.1, 0.15) is 5.71 Å². The molecule has 1 rings (SSSR count). The van der Waals surface area contributed by atoms with Gasteiger partial charge in [-0.3, -0.25) is 4.98 Å². The lowest BCUT2D eigenvalue weighted by molar-refractivity contribution is 0.319. The standard InChI is InChI=1S/C8H10N2O/c1-6-4-3-5-8(9-6)7(2)10-11/h3-5,11H,1-2H3/b10-7-. The van der Waals surface area contributed by atoms with Gasteiger partial charge in [0.2, 0.25) is 0 Å². The van der Waals surface area contributed by atoms with Gasteiger partial charge in [-0.05, 0) is 26.0 Å². The maximum Gasteiger partial charge on any atom is 0.102 e. The molecule has 0 spiro atoms. The molecule has 0 fully saturated rings. The number of hydrogen-bond donors (Lipinski definition) is 1. The molecule has 1 aromatic heterocycles. The highest BCUT2D eigenvalue weighted by molar-refractivity contribution is 5.96. The third kappa shape index (κ3) is 1.77. The lowest BCUT2D eigenvalue weighted by Gasteiger charge is -1.97. The quantitative estimate of drug-likeness (QED) is 0.375. The first-order valence-electron chi connectivity index (χ1n) is 3.36. The van der Waals surface area contributed by atoms with Crippen molar-refractivity contribution in [3.05, 3.63) is 29.6 Å². The van der Waals surface area contributed by atoms with Gasteiger partial charge in [-0.1, -0.05) is 11.2 Å². The molecule has 1 heterocycles. The van der Waals surface area contributed by atoms with Crippen LogP contribution in [-0.4, -0.2) is 15.9 Å². The van der Waals surface area contributed by atoms with Crippen LogP contribution in [0.15, 0.2) is 23.4 Å².